The molecule has 1 heterocycles. The average Bonchev–Trinajstić information content (AvgIpc) is 2.34. The molecule has 3 heteroatoms. The molecule has 0 spiro atoms. The first-order valence-electron chi connectivity index (χ1n) is 2.36. The van der Waals surface area contributed by atoms with Gasteiger partial charge >= 0.3 is 0 Å². The lowest BCUT2D eigenvalue weighted by atomic mass is 10.4. The van der Waals surface area contributed by atoms with Gasteiger partial charge in [0.25, 0.3) is 0 Å². The lowest BCUT2D eigenvalue weighted by Crippen LogP contribution is -1.66. The largest absolute Gasteiger partial charge is 0.286 e. The third-order valence-corrected chi connectivity index (χ3v) is 1.38. The van der Waals surface area contributed by atoms with Crippen LogP contribution >= 0.6 is 11.3 Å². The Morgan fingerprint density at radius 2 is 2.67 bits per heavy atom. The van der Waals surface area contributed by atoms with E-state index in [0.717, 1.165) is 5.69 Å². The molecule has 0 fully saturated rings. The van der Waals surface area contributed by atoms with Crippen LogP contribution in [0.5, 0.6) is 0 Å². The second-order valence-corrected chi connectivity index (χ2v) is 2.08. The minimum absolute atomic E-state index is 0.809. The molecule has 0 aliphatic rings. The Morgan fingerprint density at radius 3 is 3.22 bits per heavy atom. The maximum Gasteiger partial charge on any atom is 0.225 e. The number of rotatable bonds is 2. The van der Waals surface area contributed by atoms with Gasteiger partial charge in [0.15, 0.2) is 0 Å². The Labute approximate surface area is 56.9 Å². The van der Waals surface area contributed by atoms with Crippen LogP contribution in [0.15, 0.2) is 17.0 Å². The maximum atomic E-state index is 9.66. The summed E-state index contributed by atoms with van der Waals surface area (Å²) < 4.78 is 0. The fourth-order valence-corrected chi connectivity index (χ4v) is 0.946. The van der Waals surface area contributed by atoms with Crippen molar-refractivity contribution in [3.8, 4) is 0 Å². The highest BCUT2D eigenvalue weighted by Crippen LogP contribution is 2.01. The van der Waals surface area contributed by atoms with Crippen LogP contribution in [0, 0.1) is 0 Å². The second kappa shape index (κ2) is 3.14. The van der Waals surface area contributed by atoms with Crippen LogP contribution in [0.3, 0.4) is 0 Å². The summed E-state index contributed by atoms with van der Waals surface area (Å²) in [4.78, 5) is 13.6. The third kappa shape index (κ3) is 1.77. The molecule has 1 radical (unpaired) electrons. The smallest absolute Gasteiger partial charge is 0.225 e. The van der Waals surface area contributed by atoms with Gasteiger partial charge < -0.3 is 0 Å². The molecular weight excluding hydrogens is 134 g/mol. The van der Waals surface area contributed by atoms with Crippen LogP contribution in [0.25, 0.3) is 6.08 Å². The molecule has 0 bridgehead atoms. The zero-order chi connectivity index (χ0) is 6.53. The van der Waals surface area contributed by atoms with Crippen LogP contribution in [-0.4, -0.2) is 11.3 Å². The van der Waals surface area contributed by atoms with E-state index < -0.39 is 0 Å². The van der Waals surface area contributed by atoms with Gasteiger partial charge in [-0.3, -0.25) is 4.79 Å². The molecule has 0 aliphatic carbocycles. The molecule has 0 unspecified atom stereocenters. The quantitative estimate of drug-likeness (QED) is 0.576. The molecule has 0 amide bonds. The fourth-order valence-electron chi connectivity index (χ4n) is 0.424. The van der Waals surface area contributed by atoms with Crippen molar-refractivity contribution >= 4 is 23.7 Å². The highest BCUT2D eigenvalue weighted by atomic mass is 32.1. The van der Waals surface area contributed by atoms with Gasteiger partial charge in [0.05, 0.1) is 11.2 Å². The van der Waals surface area contributed by atoms with Crippen molar-refractivity contribution in [2.45, 2.75) is 0 Å². The van der Waals surface area contributed by atoms with Crippen LogP contribution < -0.4 is 0 Å². The normalized spacial score (nSPS) is 10.2. The summed E-state index contributed by atoms with van der Waals surface area (Å²) in [5.74, 6) is 0. The van der Waals surface area contributed by atoms with Crippen molar-refractivity contribution in [3.05, 3.63) is 22.7 Å². The zero-order valence-corrected chi connectivity index (χ0v) is 5.39. The van der Waals surface area contributed by atoms with Crippen LogP contribution in [0.2, 0.25) is 0 Å². The van der Waals surface area contributed by atoms with E-state index in [1.807, 2.05) is 5.38 Å². The summed E-state index contributed by atoms with van der Waals surface area (Å²) in [7, 11) is 0. The lowest BCUT2D eigenvalue weighted by Gasteiger charge is -1.73. The van der Waals surface area contributed by atoms with E-state index in [1.54, 1.807) is 17.9 Å². The minimum Gasteiger partial charge on any atom is -0.286 e. The fraction of sp³-hybridized carbons (Fsp3) is 0. The molecule has 9 heavy (non-hydrogen) atoms. The summed E-state index contributed by atoms with van der Waals surface area (Å²) in [6.45, 7) is 0. The average molecular weight is 138 g/mol. The molecular formula is C6H4NOS. The summed E-state index contributed by atoms with van der Waals surface area (Å²) >= 11 is 1.50. The molecule has 1 aromatic heterocycles. The van der Waals surface area contributed by atoms with E-state index in [2.05, 4.69) is 4.98 Å². The minimum atomic E-state index is 0.809. The number of carbonyl (C=O) groups excluding carboxylic acids is 1. The number of hydrogen-bond donors (Lipinski definition) is 0. The molecule has 45 valence electrons. The molecule has 0 saturated carbocycles. The van der Waals surface area contributed by atoms with Gasteiger partial charge in [0.1, 0.15) is 0 Å². The summed E-state index contributed by atoms with van der Waals surface area (Å²) in [6.07, 6.45) is 4.56. The van der Waals surface area contributed by atoms with E-state index in [4.69, 9.17) is 0 Å². The third-order valence-electron chi connectivity index (χ3n) is 0.774. The highest BCUT2D eigenvalue weighted by molar-refractivity contribution is 7.07. The standard InChI is InChI=1S/C6H4NOS/c8-3-1-2-6-4-9-5-7-6/h1-2,4-5H. The number of thiazole rings is 1. The van der Waals surface area contributed by atoms with Crippen LogP contribution in [0.4, 0.5) is 0 Å². The first-order valence-corrected chi connectivity index (χ1v) is 3.30. The number of nitrogens with zero attached hydrogens (tertiary/aromatic N) is 1. The molecule has 0 saturated heterocycles. The predicted molar refractivity (Wildman–Crippen MR) is 36.8 cm³/mol. The Kier molecular flexibility index (Phi) is 2.15. The number of aromatic nitrogens is 1. The summed E-state index contributed by atoms with van der Waals surface area (Å²) in [5, 5.41) is 1.86. The highest BCUT2D eigenvalue weighted by Gasteiger charge is 1.83. The number of allylic oxidation sites excluding steroid dienone is 1. The molecule has 0 aliphatic heterocycles. The van der Waals surface area contributed by atoms with E-state index in [0.29, 0.717) is 0 Å². The van der Waals surface area contributed by atoms with E-state index in [-0.39, 0.29) is 0 Å². The maximum absolute atomic E-state index is 9.66. The monoisotopic (exact) mass is 138 g/mol. The summed E-state index contributed by atoms with van der Waals surface area (Å²) in [6, 6.07) is 0. The van der Waals surface area contributed by atoms with Gasteiger partial charge in [-0.2, -0.15) is 0 Å². The predicted octanol–water partition coefficient (Wildman–Crippen LogP) is 1.27. The van der Waals surface area contributed by atoms with Crippen molar-refractivity contribution in [1.82, 2.24) is 4.98 Å². The van der Waals surface area contributed by atoms with Crippen molar-refractivity contribution in [1.29, 1.82) is 0 Å². The second-order valence-electron chi connectivity index (χ2n) is 1.36. The lowest BCUT2D eigenvalue weighted by molar-refractivity contribution is 0.564. The Balaban J connectivity index is 2.67. The van der Waals surface area contributed by atoms with Crippen molar-refractivity contribution < 1.29 is 4.79 Å². The van der Waals surface area contributed by atoms with Gasteiger partial charge in [-0.15, -0.1) is 11.3 Å². The molecule has 1 aromatic rings. The van der Waals surface area contributed by atoms with Gasteiger partial charge in [0, 0.05) is 5.38 Å². The first kappa shape index (κ1) is 6.16. The Morgan fingerprint density at radius 1 is 1.78 bits per heavy atom. The van der Waals surface area contributed by atoms with Crippen molar-refractivity contribution in [2.24, 2.45) is 0 Å². The van der Waals surface area contributed by atoms with Gasteiger partial charge in [-0.05, 0) is 12.2 Å². The topological polar surface area (TPSA) is 30.0 Å². The number of hydrogen-bond acceptors (Lipinski definition) is 3. The van der Waals surface area contributed by atoms with Crippen LogP contribution in [0.1, 0.15) is 5.69 Å². The molecule has 1 rings (SSSR count). The zero-order valence-electron chi connectivity index (χ0n) is 4.57. The van der Waals surface area contributed by atoms with E-state index >= 15 is 0 Å². The molecule has 2 nitrogen and oxygen atoms in total. The van der Waals surface area contributed by atoms with E-state index in [9.17, 15) is 4.79 Å². The van der Waals surface area contributed by atoms with Gasteiger partial charge in [-0.25, -0.2) is 4.98 Å². The Bertz CT molecular complexity index is 203. The van der Waals surface area contributed by atoms with Gasteiger partial charge in [-0.1, -0.05) is 0 Å². The van der Waals surface area contributed by atoms with Crippen LogP contribution in [-0.2, 0) is 4.79 Å². The molecule has 0 atom stereocenters. The molecule has 0 N–H and O–H groups in total. The van der Waals surface area contributed by atoms with Crippen molar-refractivity contribution in [2.75, 3.05) is 0 Å². The molecule has 0 aromatic carbocycles. The van der Waals surface area contributed by atoms with E-state index in [1.165, 1.54) is 17.4 Å². The first-order chi connectivity index (χ1) is 4.43. The summed E-state index contributed by atoms with van der Waals surface area (Å²) in [5.41, 5.74) is 2.52. The van der Waals surface area contributed by atoms with Crippen molar-refractivity contribution in [3.63, 3.8) is 0 Å². The Hall–Kier alpha value is -0.960. The van der Waals surface area contributed by atoms with Gasteiger partial charge in [0.2, 0.25) is 6.29 Å². The SMILES string of the molecule is O=[C]C=Cc1cscn1.